The lowest BCUT2D eigenvalue weighted by molar-refractivity contribution is -0.385. The summed E-state index contributed by atoms with van der Waals surface area (Å²) in [4.78, 5) is 28.8. The molecule has 0 heterocycles. The summed E-state index contributed by atoms with van der Waals surface area (Å²) in [7, 11) is -4.79. The third kappa shape index (κ3) is 5.70. The van der Waals surface area contributed by atoms with Gasteiger partial charge in [-0.1, -0.05) is 26.2 Å². The normalized spacial score (nSPS) is 13.1. The Morgan fingerprint density at radius 3 is 2.55 bits per heavy atom. The van der Waals surface area contributed by atoms with Gasteiger partial charge >= 0.3 is 7.60 Å². The molecule has 1 aromatic carbocycles. The van der Waals surface area contributed by atoms with Crippen LogP contribution >= 0.6 is 19.4 Å². The van der Waals surface area contributed by atoms with Gasteiger partial charge < -0.3 is 14.9 Å². The molecule has 1 rings (SSSR count). The molecular formula is C13H20NO6PS. The van der Waals surface area contributed by atoms with E-state index in [1.165, 1.54) is 23.9 Å². The zero-order valence-electron chi connectivity index (χ0n) is 12.2. The van der Waals surface area contributed by atoms with E-state index in [4.69, 9.17) is 9.79 Å². The predicted octanol–water partition coefficient (Wildman–Crippen LogP) is 3.44. The number of rotatable bonds is 9. The Balaban J connectivity index is 2.95. The lowest BCUT2D eigenvalue weighted by atomic mass is 10.2. The molecule has 22 heavy (non-hydrogen) atoms. The highest BCUT2D eigenvalue weighted by Gasteiger charge is 2.31. The van der Waals surface area contributed by atoms with E-state index >= 15 is 0 Å². The van der Waals surface area contributed by atoms with Gasteiger partial charge in [0.15, 0.2) is 5.85 Å². The lowest BCUT2D eigenvalue weighted by Crippen LogP contribution is -2.02. The first kappa shape index (κ1) is 19.1. The third-order valence-corrected chi connectivity index (χ3v) is 5.15. The highest BCUT2D eigenvalue weighted by Crippen LogP contribution is 2.52. The second kappa shape index (κ2) is 8.64. The van der Waals surface area contributed by atoms with Crippen molar-refractivity contribution >= 4 is 25.0 Å². The largest absolute Gasteiger partial charge is 0.376 e. The van der Waals surface area contributed by atoms with Crippen molar-refractivity contribution in [2.75, 3.05) is 5.75 Å². The number of hydrogen-bond donors (Lipinski definition) is 3. The van der Waals surface area contributed by atoms with Crippen LogP contribution in [-0.2, 0) is 4.57 Å². The highest BCUT2D eigenvalue weighted by atomic mass is 32.2. The van der Waals surface area contributed by atoms with Crippen LogP contribution < -0.4 is 0 Å². The topological polar surface area (TPSA) is 121 Å². The number of hydrogen-bond acceptors (Lipinski definition) is 5. The van der Waals surface area contributed by atoms with Gasteiger partial charge in [-0.25, -0.2) is 0 Å². The molecule has 7 nitrogen and oxygen atoms in total. The Bertz CT molecular complexity index is 561. The van der Waals surface area contributed by atoms with Gasteiger partial charge in [0.05, 0.1) is 4.92 Å². The quantitative estimate of drug-likeness (QED) is 0.205. The van der Waals surface area contributed by atoms with Crippen molar-refractivity contribution in [2.24, 2.45) is 0 Å². The van der Waals surface area contributed by atoms with E-state index in [9.17, 15) is 19.8 Å². The first-order valence-electron chi connectivity index (χ1n) is 6.91. The maximum atomic E-state index is 11.2. The summed E-state index contributed by atoms with van der Waals surface area (Å²) in [6, 6.07) is 3.72. The van der Waals surface area contributed by atoms with Gasteiger partial charge in [-0.05, 0) is 18.2 Å². The zero-order chi connectivity index (χ0) is 16.8. The first-order chi connectivity index (χ1) is 10.3. The summed E-state index contributed by atoms with van der Waals surface area (Å²) in [5, 5.41) is 20.6. The van der Waals surface area contributed by atoms with Crippen LogP contribution in [0, 0.1) is 10.1 Å². The van der Waals surface area contributed by atoms with Gasteiger partial charge in [-0.2, -0.15) is 0 Å². The summed E-state index contributed by atoms with van der Waals surface area (Å²) >= 11 is 1.34. The molecular weight excluding hydrogens is 329 g/mol. The average molecular weight is 349 g/mol. The minimum atomic E-state index is -4.79. The summed E-state index contributed by atoms with van der Waals surface area (Å²) < 4.78 is 11.2. The second-order valence-electron chi connectivity index (χ2n) is 4.85. The van der Waals surface area contributed by atoms with Crippen molar-refractivity contribution in [1.82, 2.24) is 0 Å². The van der Waals surface area contributed by atoms with Gasteiger partial charge in [-0.15, -0.1) is 11.8 Å². The molecule has 1 atom stereocenters. The van der Waals surface area contributed by atoms with Crippen molar-refractivity contribution in [1.29, 1.82) is 0 Å². The van der Waals surface area contributed by atoms with E-state index in [-0.39, 0.29) is 11.3 Å². The number of nitro benzene ring substituents is 1. The number of unbranched alkanes of at least 4 members (excludes halogenated alkanes) is 3. The van der Waals surface area contributed by atoms with Crippen LogP contribution in [0.5, 0.6) is 0 Å². The molecule has 0 aliphatic heterocycles. The third-order valence-electron chi connectivity index (χ3n) is 3.06. The Morgan fingerprint density at radius 1 is 1.32 bits per heavy atom. The molecule has 0 saturated heterocycles. The number of benzene rings is 1. The van der Waals surface area contributed by atoms with Crippen molar-refractivity contribution in [2.45, 2.75) is 43.3 Å². The van der Waals surface area contributed by atoms with Gasteiger partial charge in [0.1, 0.15) is 0 Å². The minimum Gasteiger partial charge on any atom is -0.376 e. The molecule has 1 unspecified atom stereocenters. The number of aliphatic hydroxyl groups excluding tert-OH is 1. The Kier molecular flexibility index (Phi) is 7.52. The molecule has 124 valence electrons. The van der Waals surface area contributed by atoms with Crippen LogP contribution in [-0.4, -0.2) is 25.6 Å². The van der Waals surface area contributed by atoms with Crippen LogP contribution in [0.25, 0.3) is 0 Å². The SMILES string of the molecule is CCCCCCSc1ccc([N+](=O)[O-])cc1C(O)P(=O)(O)O. The smallest absolute Gasteiger partial charge is 0.358 e. The van der Waals surface area contributed by atoms with Gasteiger partial charge in [-0.3, -0.25) is 14.7 Å². The van der Waals surface area contributed by atoms with Gasteiger partial charge in [0, 0.05) is 22.6 Å². The predicted molar refractivity (Wildman–Crippen MR) is 85.0 cm³/mol. The molecule has 0 aromatic heterocycles. The molecule has 1 aromatic rings. The average Bonchev–Trinajstić information content (AvgIpc) is 2.45. The van der Waals surface area contributed by atoms with E-state index in [1.807, 2.05) is 0 Å². The van der Waals surface area contributed by atoms with Crippen LogP contribution in [0.1, 0.15) is 44.0 Å². The Labute approximate surface area is 133 Å². The standard InChI is InChI=1S/C13H20NO6PS/c1-2-3-4-5-8-22-12-7-6-10(14(16)17)9-11(12)13(15)21(18,19)20/h6-7,9,13,15H,2-5,8H2,1H3,(H2,18,19,20). The number of nitro groups is 1. The zero-order valence-corrected chi connectivity index (χ0v) is 13.9. The van der Waals surface area contributed by atoms with Crippen molar-refractivity contribution < 1.29 is 24.4 Å². The van der Waals surface area contributed by atoms with E-state index in [2.05, 4.69) is 6.92 Å². The minimum absolute atomic E-state index is 0.0944. The maximum Gasteiger partial charge on any atom is 0.358 e. The number of nitrogens with zero attached hydrogens (tertiary/aromatic N) is 1. The first-order valence-corrected chi connectivity index (χ1v) is 9.58. The van der Waals surface area contributed by atoms with Gasteiger partial charge in [0.2, 0.25) is 0 Å². The summed E-state index contributed by atoms with van der Waals surface area (Å²) in [6.07, 6.45) is 4.19. The highest BCUT2D eigenvalue weighted by molar-refractivity contribution is 7.99. The van der Waals surface area contributed by atoms with Crippen molar-refractivity contribution in [3.05, 3.63) is 33.9 Å². The molecule has 3 N–H and O–H groups in total. The van der Waals surface area contributed by atoms with Crippen LogP contribution in [0.2, 0.25) is 0 Å². The fourth-order valence-electron chi connectivity index (χ4n) is 1.87. The molecule has 0 bridgehead atoms. The molecule has 0 aliphatic carbocycles. The van der Waals surface area contributed by atoms with Gasteiger partial charge in [0.25, 0.3) is 5.69 Å². The lowest BCUT2D eigenvalue weighted by Gasteiger charge is -2.16. The van der Waals surface area contributed by atoms with Crippen LogP contribution in [0.15, 0.2) is 23.1 Å². The number of thioether (sulfide) groups is 1. The second-order valence-corrected chi connectivity index (χ2v) is 7.66. The molecule has 0 spiro atoms. The van der Waals surface area contributed by atoms with E-state index in [0.29, 0.717) is 4.90 Å². The fraction of sp³-hybridized carbons (Fsp3) is 0.538. The summed E-state index contributed by atoms with van der Waals surface area (Å²) in [5.41, 5.74) is -0.402. The van der Waals surface area contributed by atoms with Crippen molar-refractivity contribution in [3.8, 4) is 0 Å². The summed E-state index contributed by atoms with van der Waals surface area (Å²) in [6.45, 7) is 2.10. The summed E-state index contributed by atoms with van der Waals surface area (Å²) in [5.74, 6) is -1.33. The monoisotopic (exact) mass is 349 g/mol. The maximum absolute atomic E-state index is 11.2. The van der Waals surface area contributed by atoms with Crippen molar-refractivity contribution in [3.63, 3.8) is 0 Å². The molecule has 0 saturated carbocycles. The molecule has 0 amide bonds. The van der Waals surface area contributed by atoms with Crippen LogP contribution in [0.4, 0.5) is 5.69 Å². The molecule has 0 fully saturated rings. The molecule has 9 heteroatoms. The van der Waals surface area contributed by atoms with E-state index < -0.39 is 18.4 Å². The Hall–Kier alpha value is -0.920. The van der Waals surface area contributed by atoms with Crippen LogP contribution in [0.3, 0.4) is 0 Å². The number of aliphatic hydroxyl groups is 1. The molecule has 0 aliphatic rings. The number of non-ortho nitro benzene ring substituents is 1. The van der Waals surface area contributed by atoms with E-state index in [1.54, 1.807) is 0 Å². The fourth-order valence-corrected chi connectivity index (χ4v) is 3.61. The Morgan fingerprint density at radius 2 is 2.00 bits per heavy atom. The van der Waals surface area contributed by atoms with E-state index in [0.717, 1.165) is 37.5 Å². The molecule has 0 radical (unpaired) electrons.